The molecule has 7 nitrogen and oxygen atoms in total. The van der Waals surface area contributed by atoms with E-state index >= 15 is 0 Å². The van der Waals surface area contributed by atoms with Crippen molar-refractivity contribution in [3.63, 3.8) is 0 Å². The number of hydrogen-bond acceptors (Lipinski definition) is 6. The molecule has 1 unspecified atom stereocenters. The summed E-state index contributed by atoms with van der Waals surface area (Å²) in [4.78, 5) is 33.9. The lowest BCUT2D eigenvalue weighted by Crippen LogP contribution is -2.08. The van der Waals surface area contributed by atoms with E-state index in [4.69, 9.17) is 13.8 Å². The average Bonchev–Trinajstić information content (AvgIpc) is 2.79. The fourth-order valence-corrected chi connectivity index (χ4v) is 3.89. The predicted octanol–water partition coefficient (Wildman–Crippen LogP) is 5.17. The van der Waals surface area contributed by atoms with Crippen molar-refractivity contribution in [2.75, 3.05) is 6.61 Å². The van der Waals surface area contributed by atoms with E-state index in [0.29, 0.717) is 25.0 Å². The van der Waals surface area contributed by atoms with Crippen molar-refractivity contribution in [2.24, 2.45) is 0 Å². The third kappa shape index (κ3) is 7.90. The number of ether oxygens (including phenoxy) is 1. The van der Waals surface area contributed by atoms with Crippen molar-refractivity contribution in [3.8, 4) is 11.5 Å². The first-order valence-electron chi connectivity index (χ1n) is 10.5. The van der Waals surface area contributed by atoms with Gasteiger partial charge in [0.25, 0.3) is 0 Å². The van der Waals surface area contributed by atoms with Gasteiger partial charge in [-0.3, -0.25) is 14.5 Å². The Kier molecular flexibility index (Phi) is 8.41. The zero-order valence-corrected chi connectivity index (χ0v) is 19.1. The van der Waals surface area contributed by atoms with E-state index in [1.54, 1.807) is 85.8 Å². The SMILES string of the molecule is CCOC(=O)Cc1ccc(C(=O)CCc2ccc(OP(=O)(O)Oc3ccccc3)cc2)cc1. The van der Waals surface area contributed by atoms with Gasteiger partial charge in [0, 0.05) is 12.0 Å². The first kappa shape index (κ1) is 24.2. The number of ketones is 1. The Hall–Kier alpha value is -3.41. The molecule has 0 radical (unpaired) electrons. The molecular formula is C25H25O7P. The molecule has 0 saturated heterocycles. The lowest BCUT2D eigenvalue weighted by atomic mass is 10.0. The van der Waals surface area contributed by atoms with Gasteiger partial charge < -0.3 is 13.8 Å². The molecule has 1 N–H and O–H groups in total. The third-order valence-corrected chi connectivity index (χ3v) is 5.56. The number of para-hydroxylation sites is 1. The highest BCUT2D eigenvalue weighted by Crippen LogP contribution is 2.44. The molecule has 8 heteroatoms. The molecule has 0 spiro atoms. The number of carbonyl (C=O) groups is 2. The van der Waals surface area contributed by atoms with Crippen LogP contribution in [0.4, 0.5) is 0 Å². The van der Waals surface area contributed by atoms with E-state index in [2.05, 4.69) is 0 Å². The Morgan fingerprint density at radius 2 is 1.39 bits per heavy atom. The highest BCUT2D eigenvalue weighted by molar-refractivity contribution is 7.48. The lowest BCUT2D eigenvalue weighted by Gasteiger charge is -2.14. The van der Waals surface area contributed by atoms with Crippen molar-refractivity contribution >= 4 is 19.6 Å². The van der Waals surface area contributed by atoms with E-state index in [1.165, 1.54) is 0 Å². The normalized spacial score (nSPS) is 12.4. The number of benzene rings is 3. The van der Waals surface area contributed by atoms with Crippen LogP contribution >= 0.6 is 7.82 Å². The van der Waals surface area contributed by atoms with Gasteiger partial charge in [-0.2, -0.15) is 0 Å². The third-order valence-electron chi connectivity index (χ3n) is 4.68. The van der Waals surface area contributed by atoms with Crippen molar-refractivity contribution in [2.45, 2.75) is 26.2 Å². The van der Waals surface area contributed by atoms with Crippen molar-refractivity contribution in [1.29, 1.82) is 0 Å². The van der Waals surface area contributed by atoms with Gasteiger partial charge in [-0.05, 0) is 48.7 Å². The van der Waals surface area contributed by atoms with Crippen LogP contribution in [0.5, 0.6) is 11.5 Å². The quantitative estimate of drug-likeness (QED) is 0.236. The topological polar surface area (TPSA) is 99.1 Å². The second-order valence-electron chi connectivity index (χ2n) is 7.21. The average molecular weight is 468 g/mol. The van der Waals surface area contributed by atoms with Crippen LogP contribution in [0, 0.1) is 0 Å². The minimum atomic E-state index is -4.32. The summed E-state index contributed by atoms with van der Waals surface area (Å²) in [7, 11) is -4.32. The molecule has 3 aromatic carbocycles. The number of phosphoric ester groups is 1. The first-order chi connectivity index (χ1) is 15.8. The number of hydrogen-bond donors (Lipinski definition) is 1. The van der Waals surface area contributed by atoms with Gasteiger partial charge >= 0.3 is 13.8 Å². The Labute approximate surface area is 192 Å². The summed E-state index contributed by atoms with van der Waals surface area (Å²) < 4.78 is 27.2. The minimum Gasteiger partial charge on any atom is -0.466 e. The maximum atomic E-state index is 12.5. The summed E-state index contributed by atoms with van der Waals surface area (Å²) in [6, 6.07) is 21.7. The number of aryl methyl sites for hydroxylation is 1. The second-order valence-corrected chi connectivity index (χ2v) is 8.51. The van der Waals surface area contributed by atoms with Crippen LogP contribution in [0.1, 0.15) is 34.8 Å². The van der Waals surface area contributed by atoms with Gasteiger partial charge in [-0.1, -0.05) is 54.6 Å². The van der Waals surface area contributed by atoms with E-state index in [9.17, 15) is 19.0 Å². The molecule has 0 aliphatic heterocycles. The minimum absolute atomic E-state index is 0.0193. The van der Waals surface area contributed by atoms with Crippen LogP contribution in [0.3, 0.4) is 0 Å². The number of esters is 1. The van der Waals surface area contributed by atoms with Crippen LogP contribution in [0.2, 0.25) is 0 Å². The monoisotopic (exact) mass is 468 g/mol. The molecule has 3 aromatic rings. The number of rotatable bonds is 11. The highest BCUT2D eigenvalue weighted by atomic mass is 31.2. The van der Waals surface area contributed by atoms with E-state index < -0.39 is 7.82 Å². The zero-order chi connectivity index (χ0) is 23.7. The lowest BCUT2D eigenvalue weighted by molar-refractivity contribution is -0.142. The number of phosphoric acid groups is 1. The van der Waals surface area contributed by atoms with Crippen LogP contribution in [-0.4, -0.2) is 23.3 Å². The molecule has 0 saturated carbocycles. The smallest absolute Gasteiger partial charge is 0.466 e. The summed E-state index contributed by atoms with van der Waals surface area (Å²) in [5.41, 5.74) is 2.24. The molecule has 0 amide bonds. The van der Waals surface area contributed by atoms with E-state index in [0.717, 1.165) is 11.1 Å². The van der Waals surface area contributed by atoms with Gasteiger partial charge in [0.2, 0.25) is 0 Å². The van der Waals surface area contributed by atoms with Gasteiger partial charge in [0.05, 0.1) is 13.0 Å². The molecule has 0 bridgehead atoms. The Morgan fingerprint density at radius 3 is 2.00 bits per heavy atom. The summed E-state index contributed by atoms with van der Waals surface area (Å²) >= 11 is 0. The number of Topliss-reactive ketones (excluding diaryl/α,β-unsaturated/α-hetero) is 1. The molecule has 172 valence electrons. The summed E-state index contributed by atoms with van der Waals surface area (Å²) in [6.45, 7) is 2.09. The molecule has 3 rings (SSSR count). The van der Waals surface area contributed by atoms with E-state index in [1.807, 2.05) is 0 Å². The van der Waals surface area contributed by atoms with Crippen LogP contribution in [-0.2, 0) is 26.9 Å². The number of carbonyl (C=O) groups excluding carboxylic acids is 2. The Bertz CT molecular complexity index is 1110. The van der Waals surface area contributed by atoms with Crippen LogP contribution < -0.4 is 9.05 Å². The molecular weight excluding hydrogens is 443 g/mol. The van der Waals surface area contributed by atoms with Crippen molar-refractivity contribution < 1.29 is 32.8 Å². The maximum Gasteiger partial charge on any atom is 0.584 e. The van der Waals surface area contributed by atoms with Crippen LogP contribution in [0.15, 0.2) is 78.9 Å². The molecule has 33 heavy (non-hydrogen) atoms. The molecule has 1 atom stereocenters. The Morgan fingerprint density at radius 1 is 0.818 bits per heavy atom. The largest absolute Gasteiger partial charge is 0.584 e. The van der Waals surface area contributed by atoms with Crippen LogP contribution in [0.25, 0.3) is 0 Å². The van der Waals surface area contributed by atoms with Gasteiger partial charge in [-0.25, -0.2) is 4.57 Å². The second kappa shape index (κ2) is 11.5. The van der Waals surface area contributed by atoms with E-state index in [-0.39, 0.29) is 29.7 Å². The van der Waals surface area contributed by atoms with Gasteiger partial charge in [-0.15, -0.1) is 0 Å². The Balaban J connectivity index is 1.50. The fraction of sp³-hybridized carbons (Fsp3) is 0.200. The van der Waals surface area contributed by atoms with Crippen molar-refractivity contribution in [1.82, 2.24) is 0 Å². The first-order valence-corrected chi connectivity index (χ1v) is 12.0. The zero-order valence-electron chi connectivity index (χ0n) is 18.2. The van der Waals surface area contributed by atoms with Gasteiger partial charge in [0.1, 0.15) is 11.5 Å². The molecule has 0 aromatic heterocycles. The fourth-order valence-electron chi connectivity index (χ4n) is 3.07. The maximum absolute atomic E-state index is 12.5. The molecule has 0 fully saturated rings. The van der Waals surface area contributed by atoms with Crippen molar-refractivity contribution in [3.05, 3.63) is 95.6 Å². The van der Waals surface area contributed by atoms with Gasteiger partial charge in [0.15, 0.2) is 5.78 Å². The summed E-state index contributed by atoms with van der Waals surface area (Å²) in [5, 5.41) is 0. The predicted molar refractivity (Wildman–Crippen MR) is 123 cm³/mol. The standard InChI is InChI=1S/C25H25O7P/c1-2-30-25(27)18-20-8-13-21(14-9-20)24(26)17-12-19-10-15-23(16-11-19)32-33(28,29)31-22-6-4-3-5-7-22/h3-11,13-16H,2,12,17-18H2,1H3,(H,28,29). The molecule has 0 aliphatic carbocycles. The summed E-state index contributed by atoms with van der Waals surface area (Å²) in [6.07, 6.45) is 0.974. The highest BCUT2D eigenvalue weighted by Gasteiger charge is 2.24. The molecule has 0 aliphatic rings. The summed E-state index contributed by atoms with van der Waals surface area (Å²) in [5.74, 6) is 0.0961. The molecule has 0 heterocycles.